The number of hydrogen-bond acceptors (Lipinski definition) is 3. The van der Waals surface area contributed by atoms with Crippen molar-refractivity contribution in [3.63, 3.8) is 0 Å². The summed E-state index contributed by atoms with van der Waals surface area (Å²) in [6.45, 7) is 4.24. The number of hydrogen-bond donors (Lipinski definition) is 1. The molecule has 1 heterocycles. The molecule has 1 N–H and O–H groups in total. The van der Waals surface area contributed by atoms with E-state index in [0.717, 1.165) is 25.2 Å². The van der Waals surface area contributed by atoms with E-state index in [9.17, 15) is 0 Å². The summed E-state index contributed by atoms with van der Waals surface area (Å²) in [6, 6.07) is 0. The summed E-state index contributed by atoms with van der Waals surface area (Å²) in [5.74, 6) is 0. The normalized spacial score (nSPS) is 10.8. The second-order valence-corrected chi connectivity index (χ2v) is 3.84. The largest absolute Gasteiger partial charge is 0.320 e. The van der Waals surface area contributed by atoms with Gasteiger partial charge in [0, 0.05) is 12.7 Å². The van der Waals surface area contributed by atoms with Crippen molar-refractivity contribution in [3.8, 4) is 0 Å². The summed E-state index contributed by atoms with van der Waals surface area (Å²) in [7, 11) is 2.00. The van der Waals surface area contributed by atoms with Gasteiger partial charge in [-0.2, -0.15) is 0 Å². The Kier molecular flexibility index (Phi) is 6.00. The first-order valence-electron chi connectivity index (χ1n) is 5.90. The van der Waals surface area contributed by atoms with E-state index in [4.69, 9.17) is 0 Å². The van der Waals surface area contributed by atoms with Crippen molar-refractivity contribution in [1.29, 1.82) is 0 Å². The zero-order chi connectivity index (χ0) is 10.9. The van der Waals surface area contributed by atoms with Gasteiger partial charge in [-0.3, -0.25) is 4.68 Å². The summed E-state index contributed by atoms with van der Waals surface area (Å²) in [6.07, 6.45) is 8.08. The summed E-state index contributed by atoms with van der Waals surface area (Å²) < 4.78 is 1.96. The molecule has 0 unspecified atom stereocenters. The van der Waals surface area contributed by atoms with Crippen molar-refractivity contribution in [2.24, 2.45) is 0 Å². The molecular weight excluding hydrogens is 188 g/mol. The first-order chi connectivity index (χ1) is 7.36. The number of nitrogens with zero attached hydrogens (tertiary/aromatic N) is 3. The van der Waals surface area contributed by atoms with Gasteiger partial charge in [0.25, 0.3) is 0 Å². The van der Waals surface area contributed by atoms with Gasteiger partial charge in [0.1, 0.15) is 0 Å². The standard InChI is InChI=1S/C11H22N4/c1-3-11-10-15(14-13-11)9-7-5-4-6-8-12-2/h10,12H,3-9H2,1-2H3. The average molecular weight is 210 g/mol. The molecule has 4 heteroatoms. The van der Waals surface area contributed by atoms with Crippen LogP contribution in [0, 0.1) is 0 Å². The van der Waals surface area contributed by atoms with E-state index < -0.39 is 0 Å². The summed E-state index contributed by atoms with van der Waals surface area (Å²) in [5, 5.41) is 11.3. The topological polar surface area (TPSA) is 42.7 Å². The van der Waals surface area contributed by atoms with Crippen molar-refractivity contribution in [2.75, 3.05) is 13.6 Å². The molecule has 1 aromatic rings. The Balaban J connectivity index is 2.04. The number of unbranched alkanes of at least 4 members (excludes halogenated alkanes) is 3. The minimum atomic E-state index is 0.974. The van der Waals surface area contributed by atoms with Gasteiger partial charge in [-0.15, -0.1) is 5.10 Å². The lowest BCUT2D eigenvalue weighted by atomic mass is 10.2. The van der Waals surface area contributed by atoms with E-state index in [1.165, 1.54) is 25.7 Å². The molecule has 0 bridgehead atoms. The van der Waals surface area contributed by atoms with Gasteiger partial charge in [0.15, 0.2) is 0 Å². The molecule has 4 nitrogen and oxygen atoms in total. The number of nitrogens with one attached hydrogen (secondary N) is 1. The second kappa shape index (κ2) is 7.40. The molecule has 0 saturated carbocycles. The van der Waals surface area contributed by atoms with Crippen molar-refractivity contribution >= 4 is 0 Å². The molecular formula is C11H22N4. The highest BCUT2D eigenvalue weighted by molar-refractivity contribution is 4.90. The van der Waals surface area contributed by atoms with Crippen molar-refractivity contribution in [1.82, 2.24) is 20.3 Å². The quantitative estimate of drug-likeness (QED) is 0.663. The van der Waals surface area contributed by atoms with Crippen LogP contribution >= 0.6 is 0 Å². The lowest BCUT2D eigenvalue weighted by Gasteiger charge is -2.01. The van der Waals surface area contributed by atoms with E-state index in [1.54, 1.807) is 0 Å². The predicted molar refractivity (Wildman–Crippen MR) is 61.8 cm³/mol. The Labute approximate surface area is 92.1 Å². The Bertz CT molecular complexity index is 257. The van der Waals surface area contributed by atoms with Gasteiger partial charge < -0.3 is 5.32 Å². The summed E-state index contributed by atoms with van der Waals surface area (Å²) in [4.78, 5) is 0. The van der Waals surface area contributed by atoms with E-state index in [1.807, 2.05) is 17.9 Å². The molecule has 0 aliphatic heterocycles. The second-order valence-electron chi connectivity index (χ2n) is 3.84. The summed E-state index contributed by atoms with van der Waals surface area (Å²) in [5.41, 5.74) is 1.09. The van der Waals surface area contributed by atoms with Crippen LogP contribution in [0.1, 0.15) is 38.3 Å². The van der Waals surface area contributed by atoms with Crippen LogP contribution in [0.5, 0.6) is 0 Å². The monoisotopic (exact) mass is 210 g/mol. The highest BCUT2D eigenvalue weighted by Gasteiger charge is 1.97. The zero-order valence-corrected chi connectivity index (χ0v) is 9.87. The molecule has 0 spiro atoms. The zero-order valence-electron chi connectivity index (χ0n) is 9.87. The Hall–Kier alpha value is -0.900. The third kappa shape index (κ3) is 4.93. The molecule has 0 fully saturated rings. The van der Waals surface area contributed by atoms with Crippen LogP contribution in [0.2, 0.25) is 0 Å². The minimum absolute atomic E-state index is 0.974. The highest BCUT2D eigenvalue weighted by atomic mass is 15.4. The maximum absolute atomic E-state index is 4.08. The van der Waals surface area contributed by atoms with Crippen LogP contribution in [0.4, 0.5) is 0 Å². The average Bonchev–Trinajstić information content (AvgIpc) is 2.71. The molecule has 1 rings (SSSR count). The summed E-state index contributed by atoms with van der Waals surface area (Å²) >= 11 is 0. The first kappa shape index (κ1) is 12.2. The van der Waals surface area contributed by atoms with Crippen LogP contribution in [0.3, 0.4) is 0 Å². The van der Waals surface area contributed by atoms with Crippen LogP contribution in [0.15, 0.2) is 6.20 Å². The molecule has 1 aromatic heterocycles. The van der Waals surface area contributed by atoms with Gasteiger partial charge in [-0.05, 0) is 32.9 Å². The molecule has 0 atom stereocenters. The third-order valence-corrected chi connectivity index (χ3v) is 2.51. The molecule has 0 radical (unpaired) electrons. The van der Waals surface area contributed by atoms with E-state index in [-0.39, 0.29) is 0 Å². The van der Waals surface area contributed by atoms with Gasteiger partial charge in [-0.1, -0.05) is 25.0 Å². The molecule has 0 aliphatic rings. The first-order valence-corrected chi connectivity index (χ1v) is 5.90. The molecule has 0 saturated heterocycles. The molecule has 0 amide bonds. The molecule has 86 valence electrons. The van der Waals surface area contributed by atoms with Gasteiger partial charge in [0.05, 0.1) is 5.69 Å². The van der Waals surface area contributed by atoms with E-state index in [2.05, 4.69) is 22.6 Å². The lowest BCUT2D eigenvalue weighted by molar-refractivity contribution is 0.519. The molecule has 15 heavy (non-hydrogen) atoms. The van der Waals surface area contributed by atoms with Gasteiger partial charge in [-0.25, -0.2) is 0 Å². The number of rotatable bonds is 8. The number of aryl methyl sites for hydroxylation is 2. The van der Waals surface area contributed by atoms with Crippen molar-refractivity contribution in [2.45, 2.75) is 45.6 Å². The smallest absolute Gasteiger partial charge is 0.0824 e. The SMILES string of the molecule is CCc1cn(CCCCCCNC)nn1. The molecule has 0 aromatic carbocycles. The Morgan fingerprint density at radius 1 is 1.27 bits per heavy atom. The number of aromatic nitrogens is 3. The van der Waals surface area contributed by atoms with Crippen LogP contribution in [0.25, 0.3) is 0 Å². The highest BCUT2D eigenvalue weighted by Crippen LogP contribution is 2.02. The van der Waals surface area contributed by atoms with Crippen molar-refractivity contribution in [3.05, 3.63) is 11.9 Å². The van der Waals surface area contributed by atoms with Crippen molar-refractivity contribution < 1.29 is 0 Å². The van der Waals surface area contributed by atoms with E-state index >= 15 is 0 Å². The Morgan fingerprint density at radius 3 is 2.73 bits per heavy atom. The predicted octanol–water partition coefficient (Wildman–Crippen LogP) is 1.62. The van der Waals surface area contributed by atoms with E-state index in [0.29, 0.717) is 0 Å². The lowest BCUT2D eigenvalue weighted by Crippen LogP contribution is -2.07. The van der Waals surface area contributed by atoms with Gasteiger partial charge >= 0.3 is 0 Å². The Morgan fingerprint density at radius 2 is 2.07 bits per heavy atom. The van der Waals surface area contributed by atoms with Crippen LogP contribution in [-0.2, 0) is 13.0 Å². The fraction of sp³-hybridized carbons (Fsp3) is 0.818. The van der Waals surface area contributed by atoms with Gasteiger partial charge in [0.2, 0.25) is 0 Å². The maximum Gasteiger partial charge on any atom is 0.0824 e. The minimum Gasteiger partial charge on any atom is -0.320 e. The fourth-order valence-corrected chi connectivity index (χ4v) is 1.54. The van der Waals surface area contributed by atoms with Crippen LogP contribution < -0.4 is 5.32 Å². The maximum atomic E-state index is 4.08. The molecule has 0 aliphatic carbocycles. The third-order valence-electron chi connectivity index (χ3n) is 2.51. The van der Waals surface area contributed by atoms with Crippen LogP contribution in [-0.4, -0.2) is 28.6 Å². The fourth-order valence-electron chi connectivity index (χ4n) is 1.54.